The zero-order chi connectivity index (χ0) is 26.3. The van der Waals surface area contributed by atoms with Gasteiger partial charge in [0, 0.05) is 13.1 Å². The fourth-order valence-electron chi connectivity index (χ4n) is 4.25. The highest BCUT2D eigenvalue weighted by atomic mass is 16.5. The molecule has 0 saturated carbocycles. The summed E-state index contributed by atoms with van der Waals surface area (Å²) in [6.07, 6.45) is 7.16. The number of hydrogen-bond donors (Lipinski definition) is 0. The molecule has 0 aliphatic carbocycles. The molecular weight excluding hydrogens is 462 g/mol. The molecule has 5 heteroatoms. The van der Waals surface area contributed by atoms with Crippen molar-refractivity contribution < 1.29 is 19.1 Å². The molecule has 0 radical (unpaired) electrons. The van der Waals surface area contributed by atoms with Crippen molar-refractivity contribution in [1.82, 2.24) is 4.90 Å². The molecule has 0 aliphatic heterocycles. The van der Waals surface area contributed by atoms with Gasteiger partial charge in [0.2, 0.25) is 5.91 Å². The van der Waals surface area contributed by atoms with E-state index in [-0.39, 0.29) is 5.91 Å². The van der Waals surface area contributed by atoms with Gasteiger partial charge in [0.15, 0.2) is 0 Å². The van der Waals surface area contributed by atoms with Crippen LogP contribution in [0.4, 0.5) is 0 Å². The number of rotatable bonds is 15. The lowest BCUT2D eigenvalue weighted by molar-refractivity contribution is -0.130. The Balaban J connectivity index is 1.56. The summed E-state index contributed by atoms with van der Waals surface area (Å²) in [5.41, 5.74) is 3.61. The van der Waals surface area contributed by atoms with E-state index in [0.29, 0.717) is 24.3 Å². The van der Waals surface area contributed by atoms with Crippen LogP contribution in [0.5, 0.6) is 5.75 Å². The van der Waals surface area contributed by atoms with Gasteiger partial charge in [0.05, 0.1) is 13.5 Å². The van der Waals surface area contributed by atoms with Crippen molar-refractivity contribution in [3.8, 4) is 5.75 Å². The second-order valence-electron chi connectivity index (χ2n) is 9.30. The molecule has 0 aromatic heterocycles. The van der Waals surface area contributed by atoms with Crippen LogP contribution in [0.2, 0.25) is 0 Å². The van der Waals surface area contributed by atoms with E-state index in [1.807, 2.05) is 53.4 Å². The summed E-state index contributed by atoms with van der Waals surface area (Å²) in [5, 5.41) is 0. The van der Waals surface area contributed by atoms with E-state index in [1.165, 1.54) is 31.9 Å². The lowest BCUT2D eigenvalue weighted by Crippen LogP contribution is -2.35. The van der Waals surface area contributed by atoms with Gasteiger partial charge in [-0.15, -0.1) is 0 Å². The Morgan fingerprint density at radius 3 is 2.14 bits per heavy atom. The normalized spacial score (nSPS) is 10.6. The molecule has 1 amide bonds. The lowest BCUT2D eigenvalue weighted by Gasteiger charge is -2.23. The maximum Gasteiger partial charge on any atom is 0.341 e. The molecule has 3 aromatic carbocycles. The average Bonchev–Trinajstić information content (AvgIpc) is 2.94. The molecule has 5 nitrogen and oxygen atoms in total. The Morgan fingerprint density at radius 1 is 0.730 bits per heavy atom. The minimum Gasteiger partial charge on any atom is -0.488 e. The monoisotopic (exact) mass is 501 g/mol. The quantitative estimate of drug-likeness (QED) is 0.173. The number of carbonyl (C=O) groups is 2. The van der Waals surface area contributed by atoms with Crippen molar-refractivity contribution in [1.29, 1.82) is 0 Å². The first-order valence-electron chi connectivity index (χ1n) is 13.3. The summed E-state index contributed by atoms with van der Waals surface area (Å²) < 4.78 is 10.7. The number of methoxy groups -OCH3 is 1. The number of ether oxygens (including phenoxy) is 2. The predicted molar refractivity (Wildman–Crippen MR) is 148 cm³/mol. The molecule has 196 valence electrons. The Hall–Kier alpha value is -3.60. The number of carbonyl (C=O) groups excluding carboxylic acids is 2. The second kappa shape index (κ2) is 15.5. The molecule has 3 rings (SSSR count). The van der Waals surface area contributed by atoms with Crippen molar-refractivity contribution in [3.63, 3.8) is 0 Å². The third kappa shape index (κ3) is 9.41. The van der Waals surface area contributed by atoms with Gasteiger partial charge in [-0.1, -0.05) is 99.3 Å². The Bertz CT molecular complexity index is 1100. The minimum absolute atomic E-state index is 0.169. The van der Waals surface area contributed by atoms with E-state index in [9.17, 15) is 9.59 Å². The van der Waals surface area contributed by atoms with E-state index in [4.69, 9.17) is 9.47 Å². The molecule has 0 aliphatic rings. The van der Waals surface area contributed by atoms with Crippen LogP contribution >= 0.6 is 0 Å². The SMILES string of the molecule is CCCCCCCN(CCc1ccccc1)C(=O)Cc1ccc(COc2ccccc2C(=O)OC)cc1. The summed E-state index contributed by atoms with van der Waals surface area (Å²) in [7, 11) is 1.36. The second-order valence-corrected chi connectivity index (χ2v) is 9.30. The van der Waals surface area contributed by atoms with Gasteiger partial charge in [-0.2, -0.15) is 0 Å². The molecule has 0 atom stereocenters. The maximum absolute atomic E-state index is 13.2. The Morgan fingerprint density at radius 2 is 1.41 bits per heavy atom. The van der Waals surface area contributed by atoms with E-state index in [1.54, 1.807) is 18.2 Å². The molecule has 0 heterocycles. The van der Waals surface area contributed by atoms with Gasteiger partial charge in [-0.25, -0.2) is 4.79 Å². The topological polar surface area (TPSA) is 55.8 Å². The molecule has 0 unspecified atom stereocenters. The molecule has 37 heavy (non-hydrogen) atoms. The fourth-order valence-corrected chi connectivity index (χ4v) is 4.25. The molecule has 3 aromatic rings. The van der Waals surface area contributed by atoms with Crippen molar-refractivity contribution in [2.75, 3.05) is 20.2 Å². The van der Waals surface area contributed by atoms with Gasteiger partial charge in [0.1, 0.15) is 17.9 Å². The van der Waals surface area contributed by atoms with Crippen LogP contribution in [0.3, 0.4) is 0 Å². The van der Waals surface area contributed by atoms with Crippen LogP contribution in [0.15, 0.2) is 78.9 Å². The number of para-hydroxylation sites is 1. The van der Waals surface area contributed by atoms with Gasteiger partial charge in [-0.3, -0.25) is 4.79 Å². The first-order valence-corrected chi connectivity index (χ1v) is 13.3. The number of unbranched alkanes of at least 4 members (excludes halogenated alkanes) is 4. The first-order chi connectivity index (χ1) is 18.1. The first kappa shape index (κ1) is 28.0. The number of benzene rings is 3. The molecule has 0 N–H and O–H groups in total. The number of nitrogens with zero attached hydrogens (tertiary/aromatic N) is 1. The third-order valence-electron chi connectivity index (χ3n) is 6.46. The number of hydrogen-bond acceptors (Lipinski definition) is 4. The van der Waals surface area contributed by atoms with Crippen molar-refractivity contribution >= 4 is 11.9 Å². The van der Waals surface area contributed by atoms with Crippen LogP contribution < -0.4 is 4.74 Å². The smallest absolute Gasteiger partial charge is 0.341 e. The highest BCUT2D eigenvalue weighted by Gasteiger charge is 2.15. The number of esters is 1. The molecule has 0 spiro atoms. The summed E-state index contributed by atoms with van der Waals surface area (Å²) in [6.45, 7) is 4.08. The van der Waals surface area contributed by atoms with Crippen LogP contribution in [0, 0.1) is 0 Å². The van der Waals surface area contributed by atoms with Crippen molar-refractivity contribution in [2.45, 2.75) is 58.5 Å². The Labute approximate surface area is 221 Å². The van der Waals surface area contributed by atoms with Gasteiger partial charge < -0.3 is 14.4 Å². The molecule has 0 bridgehead atoms. The summed E-state index contributed by atoms with van der Waals surface area (Å²) in [5.74, 6) is 0.232. The van der Waals surface area contributed by atoms with Crippen LogP contribution in [-0.2, 0) is 29.0 Å². The van der Waals surface area contributed by atoms with Crippen LogP contribution in [-0.4, -0.2) is 37.0 Å². The fraction of sp³-hybridized carbons (Fsp3) is 0.375. The Kier molecular flexibility index (Phi) is 11.7. The maximum atomic E-state index is 13.2. The minimum atomic E-state index is -0.424. The van der Waals surface area contributed by atoms with E-state index < -0.39 is 5.97 Å². The summed E-state index contributed by atoms with van der Waals surface area (Å²) in [6, 6.07) is 25.3. The highest BCUT2D eigenvalue weighted by Crippen LogP contribution is 2.20. The molecule has 0 saturated heterocycles. The standard InChI is InChI=1S/C32H39NO4/c1-3-4-5-6-12-22-33(23-21-26-13-8-7-9-14-26)31(34)24-27-17-19-28(20-18-27)25-37-30-16-11-10-15-29(30)32(35)36-2/h7-11,13-20H,3-6,12,21-25H2,1-2H3. The van der Waals surface area contributed by atoms with Crippen LogP contribution in [0.25, 0.3) is 0 Å². The van der Waals surface area contributed by atoms with Crippen LogP contribution in [0.1, 0.15) is 66.1 Å². The van der Waals surface area contributed by atoms with E-state index in [0.717, 1.165) is 43.5 Å². The zero-order valence-corrected chi connectivity index (χ0v) is 22.2. The van der Waals surface area contributed by atoms with E-state index >= 15 is 0 Å². The molecule has 0 fully saturated rings. The van der Waals surface area contributed by atoms with Gasteiger partial charge >= 0.3 is 5.97 Å². The van der Waals surface area contributed by atoms with Gasteiger partial charge in [-0.05, 0) is 41.7 Å². The van der Waals surface area contributed by atoms with Gasteiger partial charge in [0.25, 0.3) is 0 Å². The highest BCUT2D eigenvalue weighted by molar-refractivity contribution is 5.92. The summed E-state index contributed by atoms with van der Waals surface area (Å²) >= 11 is 0. The van der Waals surface area contributed by atoms with Crippen molar-refractivity contribution in [2.24, 2.45) is 0 Å². The molecular formula is C32H39NO4. The zero-order valence-electron chi connectivity index (χ0n) is 22.2. The largest absolute Gasteiger partial charge is 0.488 e. The predicted octanol–water partition coefficient (Wildman–Crippen LogP) is 6.64. The van der Waals surface area contributed by atoms with Crippen molar-refractivity contribution in [3.05, 3.63) is 101 Å². The van der Waals surface area contributed by atoms with E-state index in [2.05, 4.69) is 19.1 Å². The average molecular weight is 502 g/mol. The number of amides is 1. The lowest BCUT2D eigenvalue weighted by atomic mass is 10.1. The third-order valence-corrected chi connectivity index (χ3v) is 6.46. The summed E-state index contributed by atoms with van der Waals surface area (Å²) in [4.78, 5) is 27.2.